The maximum Gasteiger partial charge on any atom is 0.490 e. The maximum atomic E-state index is 13.2. The van der Waals surface area contributed by atoms with Gasteiger partial charge in [0, 0.05) is 23.4 Å². The Kier molecular flexibility index (Phi) is 8.95. The molecule has 1 aliphatic rings. The molecule has 4 aromatic carbocycles. The monoisotopic (exact) mass is 629 g/mol. The molecule has 0 saturated heterocycles. The van der Waals surface area contributed by atoms with E-state index in [0.29, 0.717) is 12.1 Å². The molecule has 0 fully saturated rings. The van der Waals surface area contributed by atoms with Crippen molar-refractivity contribution in [2.45, 2.75) is 45.8 Å². The lowest BCUT2D eigenvalue weighted by molar-refractivity contribution is -0.192. The Morgan fingerprint density at radius 3 is 2.15 bits per heavy atom. The van der Waals surface area contributed by atoms with Gasteiger partial charge in [0.25, 0.3) is 5.91 Å². The minimum absolute atomic E-state index is 0.0134. The summed E-state index contributed by atoms with van der Waals surface area (Å²) in [5.41, 5.74) is 8.27. The van der Waals surface area contributed by atoms with Gasteiger partial charge in [0.2, 0.25) is 0 Å². The van der Waals surface area contributed by atoms with E-state index in [4.69, 9.17) is 14.9 Å². The van der Waals surface area contributed by atoms with Crippen molar-refractivity contribution in [2.24, 2.45) is 0 Å². The summed E-state index contributed by atoms with van der Waals surface area (Å²) in [6.45, 7) is 4.72. The number of fused-ring (bicyclic) bond motifs is 2. The first-order valence-corrected chi connectivity index (χ1v) is 14.6. The number of anilines is 1. The fourth-order valence-electron chi connectivity index (χ4n) is 5.53. The summed E-state index contributed by atoms with van der Waals surface area (Å²) in [4.78, 5) is 40.7. The van der Waals surface area contributed by atoms with Crippen molar-refractivity contribution in [2.75, 3.05) is 4.90 Å². The molecule has 0 unspecified atom stereocenters. The average molecular weight is 630 g/mol. The molecule has 5 aromatic rings. The number of amides is 1. The first-order chi connectivity index (χ1) is 21.9. The molecular formula is C35H30F3N3O5. The highest BCUT2D eigenvalue weighted by atomic mass is 19.4. The predicted molar refractivity (Wildman–Crippen MR) is 167 cm³/mol. The van der Waals surface area contributed by atoms with Crippen LogP contribution in [0.4, 0.5) is 18.9 Å². The van der Waals surface area contributed by atoms with Crippen molar-refractivity contribution in [1.82, 2.24) is 9.55 Å². The molecule has 1 aromatic heterocycles. The van der Waals surface area contributed by atoms with Crippen LogP contribution < -0.4 is 4.90 Å². The highest BCUT2D eigenvalue weighted by molar-refractivity contribution is 6.10. The summed E-state index contributed by atoms with van der Waals surface area (Å²) < 4.78 is 33.9. The summed E-state index contributed by atoms with van der Waals surface area (Å²) in [6.07, 6.45) is -2.19. The first kappa shape index (κ1) is 32.0. The van der Waals surface area contributed by atoms with E-state index in [9.17, 15) is 27.9 Å². The molecule has 11 heteroatoms. The van der Waals surface area contributed by atoms with E-state index in [1.807, 2.05) is 72.5 Å². The number of benzene rings is 4. The average Bonchev–Trinajstić information content (AvgIpc) is 3.56. The fourth-order valence-corrected chi connectivity index (χ4v) is 5.53. The number of hydrogen-bond acceptors (Lipinski definition) is 4. The molecule has 0 saturated carbocycles. The molecule has 0 atom stereocenters. The van der Waals surface area contributed by atoms with E-state index >= 15 is 0 Å². The molecule has 1 aliphatic heterocycles. The summed E-state index contributed by atoms with van der Waals surface area (Å²) in [6, 6.07) is 27.0. The highest BCUT2D eigenvalue weighted by Crippen LogP contribution is 2.34. The van der Waals surface area contributed by atoms with Crippen LogP contribution in [0.3, 0.4) is 0 Å². The normalized spacial score (nSPS) is 12.5. The Morgan fingerprint density at radius 2 is 1.52 bits per heavy atom. The number of carbonyl (C=O) groups is 3. The van der Waals surface area contributed by atoms with Gasteiger partial charge >= 0.3 is 18.1 Å². The number of hydrogen-bond donors (Lipinski definition) is 2. The number of aromatic carboxylic acids is 1. The first-order valence-electron chi connectivity index (χ1n) is 14.6. The molecule has 6 rings (SSSR count). The summed E-state index contributed by atoms with van der Waals surface area (Å²) in [5, 5.41) is 16.8. The topological polar surface area (TPSA) is 113 Å². The number of unbranched alkanes of at least 4 members (excludes halogenated alkanes) is 1. The lowest BCUT2D eigenvalue weighted by Crippen LogP contribution is -2.22. The quantitative estimate of drug-likeness (QED) is 0.190. The Morgan fingerprint density at radius 1 is 0.870 bits per heavy atom. The van der Waals surface area contributed by atoms with Crippen molar-refractivity contribution in [1.29, 1.82) is 0 Å². The van der Waals surface area contributed by atoms with Crippen molar-refractivity contribution < 1.29 is 37.8 Å². The zero-order valence-electron chi connectivity index (χ0n) is 25.0. The largest absolute Gasteiger partial charge is 0.490 e. The number of carboxylic acid groups (broad SMARTS) is 2. The van der Waals surface area contributed by atoms with Gasteiger partial charge < -0.3 is 15.1 Å². The van der Waals surface area contributed by atoms with Crippen LogP contribution in [0, 0.1) is 6.92 Å². The standard InChI is InChI=1S/C33H29N3O3.C2HF3O2/c1-3-4-13-31-34-29-17-15-23(35-20-22-9-5-6-10-26(22)32(35)37)19-30(29)36(31)24-14-16-25(21(2)18-24)27-11-7-8-12-28(27)33(38)39;3-2(4,5)1(6)7/h5-12,14-19H,3-4,13,20H2,1-2H3,(H,38,39);(H,6,7). The lowest BCUT2D eigenvalue weighted by atomic mass is 9.95. The highest BCUT2D eigenvalue weighted by Gasteiger charge is 2.38. The van der Waals surface area contributed by atoms with E-state index in [1.165, 1.54) is 0 Å². The third kappa shape index (κ3) is 6.35. The van der Waals surface area contributed by atoms with Crippen LogP contribution in [-0.4, -0.2) is 43.8 Å². The second-order valence-electron chi connectivity index (χ2n) is 10.8. The van der Waals surface area contributed by atoms with E-state index < -0.39 is 18.1 Å². The minimum atomic E-state index is -5.08. The molecule has 1 amide bonds. The third-order valence-electron chi connectivity index (χ3n) is 7.75. The number of rotatable bonds is 7. The number of imidazole rings is 1. The second kappa shape index (κ2) is 12.9. The molecule has 0 aliphatic carbocycles. The van der Waals surface area contributed by atoms with Gasteiger partial charge in [-0.25, -0.2) is 14.6 Å². The van der Waals surface area contributed by atoms with Crippen molar-refractivity contribution in [3.63, 3.8) is 0 Å². The van der Waals surface area contributed by atoms with Crippen molar-refractivity contribution in [3.05, 3.63) is 113 Å². The lowest BCUT2D eigenvalue weighted by Gasteiger charge is -2.17. The van der Waals surface area contributed by atoms with Crippen LogP contribution >= 0.6 is 0 Å². The summed E-state index contributed by atoms with van der Waals surface area (Å²) in [5.74, 6) is -2.71. The van der Waals surface area contributed by atoms with Gasteiger partial charge in [-0.1, -0.05) is 55.8 Å². The Hall–Kier alpha value is -5.45. The Bertz CT molecular complexity index is 1970. The number of alkyl halides is 3. The molecule has 0 radical (unpaired) electrons. The number of aliphatic carboxylic acids is 1. The van der Waals surface area contributed by atoms with Gasteiger partial charge in [-0.2, -0.15) is 13.2 Å². The second-order valence-corrected chi connectivity index (χ2v) is 10.8. The molecule has 0 bridgehead atoms. The van der Waals surface area contributed by atoms with E-state index in [2.05, 4.69) is 23.6 Å². The van der Waals surface area contributed by atoms with E-state index in [-0.39, 0.29) is 11.5 Å². The van der Waals surface area contributed by atoms with Crippen LogP contribution in [0.5, 0.6) is 0 Å². The molecule has 2 heterocycles. The minimum Gasteiger partial charge on any atom is -0.478 e. The molecule has 2 N–H and O–H groups in total. The van der Waals surface area contributed by atoms with E-state index in [1.54, 1.807) is 12.1 Å². The molecule has 236 valence electrons. The van der Waals surface area contributed by atoms with Gasteiger partial charge in [0.1, 0.15) is 5.82 Å². The van der Waals surface area contributed by atoms with Crippen LogP contribution in [0.2, 0.25) is 0 Å². The van der Waals surface area contributed by atoms with Gasteiger partial charge in [-0.15, -0.1) is 0 Å². The number of aromatic nitrogens is 2. The molecular weight excluding hydrogens is 599 g/mol. The number of carbonyl (C=O) groups excluding carboxylic acids is 1. The zero-order valence-corrected chi connectivity index (χ0v) is 25.0. The molecule has 8 nitrogen and oxygen atoms in total. The Labute approximate surface area is 262 Å². The summed E-state index contributed by atoms with van der Waals surface area (Å²) >= 11 is 0. The van der Waals surface area contributed by atoms with Crippen LogP contribution in [0.25, 0.3) is 27.8 Å². The smallest absolute Gasteiger partial charge is 0.478 e. The summed E-state index contributed by atoms with van der Waals surface area (Å²) in [7, 11) is 0. The molecule has 46 heavy (non-hydrogen) atoms. The van der Waals surface area contributed by atoms with Gasteiger partial charge in [0.05, 0.1) is 23.1 Å². The molecule has 0 spiro atoms. The van der Waals surface area contributed by atoms with Crippen molar-refractivity contribution in [3.8, 4) is 16.8 Å². The van der Waals surface area contributed by atoms with E-state index in [0.717, 1.165) is 69.7 Å². The number of halogens is 3. The van der Waals surface area contributed by atoms with Crippen LogP contribution in [-0.2, 0) is 17.8 Å². The predicted octanol–water partition coefficient (Wildman–Crippen LogP) is 7.84. The van der Waals surface area contributed by atoms with Crippen LogP contribution in [0.15, 0.2) is 84.9 Å². The van der Waals surface area contributed by atoms with Gasteiger partial charge in [-0.05, 0) is 78.1 Å². The number of aryl methyl sites for hydroxylation is 2. The zero-order chi connectivity index (χ0) is 33.2. The Balaban J connectivity index is 0.000000537. The number of nitrogens with zero attached hydrogens (tertiary/aromatic N) is 3. The fraction of sp³-hybridized carbons (Fsp3) is 0.200. The number of carboxylic acids is 2. The van der Waals surface area contributed by atoms with Crippen molar-refractivity contribution >= 4 is 34.6 Å². The van der Waals surface area contributed by atoms with Gasteiger partial charge in [-0.3, -0.25) is 9.36 Å². The SMILES string of the molecule is CCCCc1nc2ccc(N3Cc4ccccc4C3=O)cc2n1-c1ccc(-c2ccccc2C(=O)O)c(C)c1.O=C(O)C(F)(F)F. The van der Waals surface area contributed by atoms with Crippen LogP contribution in [0.1, 0.15) is 57.4 Å². The van der Waals surface area contributed by atoms with Gasteiger partial charge in [0.15, 0.2) is 0 Å². The maximum absolute atomic E-state index is 13.2. The third-order valence-corrected chi connectivity index (χ3v) is 7.75.